The zero-order valence-electron chi connectivity index (χ0n) is 15.1. The highest BCUT2D eigenvalue weighted by atomic mass is 14.9. The zero-order valence-corrected chi connectivity index (χ0v) is 15.1. The van der Waals surface area contributed by atoms with Gasteiger partial charge in [-0.2, -0.15) is 0 Å². The summed E-state index contributed by atoms with van der Waals surface area (Å²) in [5.74, 6) is 0. The standard InChI is InChI=1S/C20H35N/c1-7-8-9-17-10-12-18(13-11-17)14-15-20(5,6)16-21-19(2,3)4/h10-13,21H,7-9,14-16H2,1-6H3. The molecule has 0 unspecified atom stereocenters. The second-order valence-corrected chi connectivity index (χ2v) is 8.19. The molecule has 0 radical (unpaired) electrons. The van der Waals surface area contributed by atoms with Crippen molar-refractivity contribution >= 4 is 0 Å². The van der Waals surface area contributed by atoms with Gasteiger partial charge < -0.3 is 5.32 Å². The van der Waals surface area contributed by atoms with E-state index in [0.29, 0.717) is 5.41 Å². The predicted octanol–water partition coefficient (Wildman–Crippen LogP) is 5.38. The van der Waals surface area contributed by atoms with E-state index in [2.05, 4.69) is 71.1 Å². The van der Waals surface area contributed by atoms with Gasteiger partial charge in [0.2, 0.25) is 0 Å². The van der Waals surface area contributed by atoms with E-state index < -0.39 is 0 Å². The van der Waals surface area contributed by atoms with Gasteiger partial charge >= 0.3 is 0 Å². The molecule has 1 heteroatoms. The number of unbranched alkanes of at least 4 members (excludes halogenated alkanes) is 1. The van der Waals surface area contributed by atoms with Crippen LogP contribution in [0.2, 0.25) is 0 Å². The van der Waals surface area contributed by atoms with Crippen LogP contribution < -0.4 is 5.32 Å². The molecule has 120 valence electrons. The topological polar surface area (TPSA) is 12.0 Å². The number of aryl methyl sites for hydroxylation is 2. The van der Waals surface area contributed by atoms with Gasteiger partial charge in [0.25, 0.3) is 0 Å². The van der Waals surface area contributed by atoms with Crippen molar-refractivity contribution in [1.82, 2.24) is 5.32 Å². The van der Waals surface area contributed by atoms with Crippen molar-refractivity contribution in [3.05, 3.63) is 35.4 Å². The van der Waals surface area contributed by atoms with Gasteiger partial charge in [0, 0.05) is 12.1 Å². The summed E-state index contributed by atoms with van der Waals surface area (Å²) in [5, 5.41) is 3.63. The molecule has 1 nitrogen and oxygen atoms in total. The fourth-order valence-electron chi connectivity index (χ4n) is 2.33. The highest BCUT2D eigenvalue weighted by molar-refractivity contribution is 5.22. The van der Waals surface area contributed by atoms with Gasteiger partial charge in [-0.05, 0) is 63.0 Å². The summed E-state index contributed by atoms with van der Waals surface area (Å²) in [5.41, 5.74) is 3.50. The van der Waals surface area contributed by atoms with Crippen molar-refractivity contribution in [3.8, 4) is 0 Å². The van der Waals surface area contributed by atoms with E-state index in [1.807, 2.05) is 0 Å². The van der Waals surface area contributed by atoms with Gasteiger partial charge in [0.05, 0.1) is 0 Å². The summed E-state index contributed by atoms with van der Waals surface area (Å²) in [4.78, 5) is 0. The van der Waals surface area contributed by atoms with Crippen LogP contribution in [-0.4, -0.2) is 12.1 Å². The number of benzene rings is 1. The summed E-state index contributed by atoms with van der Waals surface area (Å²) < 4.78 is 0. The largest absolute Gasteiger partial charge is 0.312 e. The van der Waals surface area contributed by atoms with Gasteiger partial charge in [-0.1, -0.05) is 51.5 Å². The normalized spacial score (nSPS) is 12.7. The second kappa shape index (κ2) is 7.98. The Morgan fingerprint density at radius 2 is 1.38 bits per heavy atom. The van der Waals surface area contributed by atoms with E-state index >= 15 is 0 Å². The quantitative estimate of drug-likeness (QED) is 0.678. The van der Waals surface area contributed by atoms with Crippen LogP contribution in [0.15, 0.2) is 24.3 Å². The Balaban J connectivity index is 2.43. The van der Waals surface area contributed by atoms with Crippen LogP contribution in [-0.2, 0) is 12.8 Å². The van der Waals surface area contributed by atoms with E-state index in [-0.39, 0.29) is 5.54 Å². The van der Waals surface area contributed by atoms with Gasteiger partial charge in [0.1, 0.15) is 0 Å². The molecule has 0 saturated carbocycles. The first-order valence-corrected chi connectivity index (χ1v) is 8.55. The third-order valence-electron chi connectivity index (χ3n) is 4.03. The lowest BCUT2D eigenvalue weighted by molar-refractivity contribution is 0.273. The number of hydrogen-bond donors (Lipinski definition) is 1. The Bertz CT molecular complexity index is 395. The Morgan fingerprint density at radius 1 is 0.857 bits per heavy atom. The molecule has 1 N–H and O–H groups in total. The minimum atomic E-state index is 0.207. The average Bonchev–Trinajstić information content (AvgIpc) is 2.41. The van der Waals surface area contributed by atoms with E-state index in [1.54, 1.807) is 0 Å². The number of nitrogens with one attached hydrogen (secondary N) is 1. The molecule has 0 aliphatic heterocycles. The van der Waals surface area contributed by atoms with Crippen LogP contribution in [0.4, 0.5) is 0 Å². The lowest BCUT2D eigenvalue weighted by Gasteiger charge is -2.30. The lowest BCUT2D eigenvalue weighted by atomic mass is 9.85. The molecular weight excluding hydrogens is 254 g/mol. The van der Waals surface area contributed by atoms with Gasteiger partial charge in [-0.3, -0.25) is 0 Å². The van der Waals surface area contributed by atoms with Gasteiger partial charge in [-0.15, -0.1) is 0 Å². The fourth-order valence-corrected chi connectivity index (χ4v) is 2.33. The minimum absolute atomic E-state index is 0.207. The van der Waals surface area contributed by atoms with Gasteiger partial charge in [-0.25, -0.2) is 0 Å². The van der Waals surface area contributed by atoms with Crippen molar-refractivity contribution in [3.63, 3.8) is 0 Å². The maximum Gasteiger partial charge on any atom is 0.00967 e. The summed E-state index contributed by atoms with van der Waals surface area (Å²) in [6.45, 7) is 14.8. The van der Waals surface area contributed by atoms with Crippen molar-refractivity contribution in [1.29, 1.82) is 0 Å². The van der Waals surface area contributed by atoms with Crippen molar-refractivity contribution in [2.45, 2.75) is 79.2 Å². The average molecular weight is 290 g/mol. The smallest absolute Gasteiger partial charge is 0.00967 e. The summed E-state index contributed by atoms with van der Waals surface area (Å²) in [7, 11) is 0. The summed E-state index contributed by atoms with van der Waals surface area (Å²) in [6.07, 6.45) is 6.19. The third kappa shape index (κ3) is 8.26. The third-order valence-corrected chi connectivity index (χ3v) is 4.03. The maximum absolute atomic E-state index is 3.63. The van der Waals surface area contributed by atoms with Crippen LogP contribution in [0, 0.1) is 5.41 Å². The maximum atomic E-state index is 3.63. The Labute approximate surface area is 132 Å². The molecule has 1 rings (SSSR count). The highest BCUT2D eigenvalue weighted by Gasteiger charge is 2.20. The Morgan fingerprint density at radius 3 is 1.86 bits per heavy atom. The van der Waals surface area contributed by atoms with Crippen LogP contribution in [0.1, 0.15) is 71.9 Å². The highest BCUT2D eigenvalue weighted by Crippen LogP contribution is 2.23. The van der Waals surface area contributed by atoms with E-state index in [9.17, 15) is 0 Å². The molecule has 0 atom stereocenters. The monoisotopic (exact) mass is 289 g/mol. The molecular formula is C20H35N. The Kier molecular flexibility index (Phi) is 6.93. The number of hydrogen-bond acceptors (Lipinski definition) is 1. The van der Waals surface area contributed by atoms with Crippen molar-refractivity contribution in [2.24, 2.45) is 5.41 Å². The summed E-state index contributed by atoms with van der Waals surface area (Å²) in [6, 6.07) is 9.26. The number of rotatable bonds is 8. The predicted molar refractivity (Wildman–Crippen MR) is 94.9 cm³/mol. The molecule has 0 amide bonds. The first-order valence-electron chi connectivity index (χ1n) is 8.55. The minimum Gasteiger partial charge on any atom is -0.312 e. The first-order chi connectivity index (χ1) is 9.72. The second-order valence-electron chi connectivity index (χ2n) is 8.19. The molecule has 0 aliphatic rings. The molecule has 0 fully saturated rings. The molecule has 0 bridgehead atoms. The summed E-state index contributed by atoms with van der Waals surface area (Å²) >= 11 is 0. The SMILES string of the molecule is CCCCc1ccc(CCC(C)(C)CNC(C)(C)C)cc1. The van der Waals surface area contributed by atoms with Crippen LogP contribution in [0.3, 0.4) is 0 Å². The van der Waals surface area contributed by atoms with Crippen LogP contribution in [0.5, 0.6) is 0 Å². The van der Waals surface area contributed by atoms with E-state index in [1.165, 1.54) is 43.2 Å². The fraction of sp³-hybridized carbons (Fsp3) is 0.700. The van der Waals surface area contributed by atoms with E-state index in [0.717, 1.165) is 6.54 Å². The molecule has 0 aliphatic carbocycles. The first kappa shape index (κ1) is 18.2. The van der Waals surface area contributed by atoms with E-state index in [4.69, 9.17) is 0 Å². The molecule has 1 aromatic rings. The van der Waals surface area contributed by atoms with Gasteiger partial charge in [0.15, 0.2) is 0 Å². The molecule has 0 aromatic heterocycles. The molecule has 0 spiro atoms. The zero-order chi connectivity index (χ0) is 15.9. The Hall–Kier alpha value is -0.820. The van der Waals surface area contributed by atoms with Crippen LogP contribution in [0.25, 0.3) is 0 Å². The van der Waals surface area contributed by atoms with Crippen molar-refractivity contribution in [2.75, 3.05) is 6.54 Å². The van der Waals surface area contributed by atoms with Crippen LogP contribution >= 0.6 is 0 Å². The molecule has 0 saturated heterocycles. The molecule has 0 heterocycles. The molecule has 1 aromatic carbocycles. The van der Waals surface area contributed by atoms with Crippen molar-refractivity contribution < 1.29 is 0 Å². The lowest BCUT2D eigenvalue weighted by Crippen LogP contribution is -2.42. The molecule has 21 heavy (non-hydrogen) atoms.